The summed E-state index contributed by atoms with van der Waals surface area (Å²) in [5.74, 6) is 0.757. The normalized spacial score (nSPS) is 12.4. The molecule has 3 nitrogen and oxygen atoms in total. The van der Waals surface area contributed by atoms with Crippen LogP contribution in [0, 0.1) is 6.92 Å². The Kier molecular flexibility index (Phi) is 3.86. The first-order valence-corrected chi connectivity index (χ1v) is 6.24. The predicted octanol–water partition coefficient (Wildman–Crippen LogP) is 2.79. The molecular formula is C13H14BrN3. The van der Waals surface area contributed by atoms with E-state index in [4.69, 9.17) is 5.73 Å². The summed E-state index contributed by atoms with van der Waals surface area (Å²) >= 11 is 3.45. The Hall–Kier alpha value is -1.26. The zero-order chi connectivity index (χ0) is 12.3. The molecular weight excluding hydrogens is 278 g/mol. The van der Waals surface area contributed by atoms with Crippen LogP contribution in [0.25, 0.3) is 0 Å². The molecule has 0 bridgehead atoms. The average Bonchev–Trinajstić information content (AvgIpc) is 2.29. The topological polar surface area (TPSA) is 51.8 Å². The van der Waals surface area contributed by atoms with E-state index >= 15 is 0 Å². The zero-order valence-corrected chi connectivity index (χ0v) is 11.2. The number of aromatic nitrogens is 2. The van der Waals surface area contributed by atoms with E-state index in [1.807, 2.05) is 25.1 Å². The molecule has 0 spiro atoms. The number of hydrogen-bond acceptors (Lipinski definition) is 3. The van der Waals surface area contributed by atoms with Crippen molar-refractivity contribution in [3.63, 3.8) is 0 Å². The molecule has 88 valence electrons. The van der Waals surface area contributed by atoms with Crippen molar-refractivity contribution in [2.45, 2.75) is 19.4 Å². The lowest BCUT2D eigenvalue weighted by molar-refractivity contribution is 0.688. The molecule has 1 unspecified atom stereocenters. The van der Waals surface area contributed by atoms with Gasteiger partial charge in [0, 0.05) is 10.7 Å². The van der Waals surface area contributed by atoms with Crippen LogP contribution in [0.2, 0.25) is 0 Å². The molecule has 1 aromatic heterocycles. The Labute approximate surface area is 109 Å². The highest BCUT2D eigenvalue weighted by Gasteiger charge is 2.09. The Bertz CT molecular complexity index is 514. The Morgan fingerprint density at radius 3 is 2.88 bits per heavy atom. The standard InChI is InChI=1S/C13H14BrN3/c1-9-16-6-5-13(17-9)12(15)8-10-3-2-4-11(14)7-10/h2-7,12H,8,15H2,1H3. The molecule has 1 heterocycles. The minimum Gasteiger partial charge on any atom is -0.322 e. The van der Waals surface area contributed by atoms with Crippen molar-refractivity contribution in [2.24, 2.45) is 5.73 Å². The van der Waals surface area contributed by atoms with Gasteiger partial charge >= 0.3 is 0 Å². The minimum atomic E-state index is -0.0917. The molecule has 4 heteroatoms. The van der Waals surface area contributed by atoms with Gasteiger partial charge < -0.3 is 5.73 Å². The van der Waals surface area contributed by atoms with Crippen LogP contribution in [0.3, 0.4) is 0 Å². The fourth-order valence-electron chi connectivity index (χ4n) is 1.70. The smallest absolute Gasteiger partial charge is 0.125 e. The van der Waals surface area contributed by atoms with Crippen LogP contribution < -0.4 is 5.73 Å². The second kappa shape index (κ2) is 5.38. The van der Waals surface area contributed by atoms with Gasteiger partial charge in [-0.3, -0.25) is 0 Å². The van der Waals surface area contributed by atoms with Crippen LogP contribution in [0.1, 0.15) is 23.1 Å². The highest BCUT2D eigenvalue weighted by Crippen LogP contribution is 2.17. The maximum atomic E-state index is 6.14. The van der Waals surface area contributed by atoms with E-state index < -0.39 is 0 Å². The second-order valence-corrected chi connectivity index (χ2v) is 4.88. The SMILES string of the molecule is Cc1nccc(C(N)Cc2cccc(Br)c2)n1. The summed E-state index contributed by atoms with van der Waals surface area (Å²) in [6.07, 6.45) is 2.52. The Morgan fingerprint density at radius 1 is 1.35 bits per heavy atom. The van der Waals surface area contributed by atoms with Gasteiger partial charge in [0.15, 0.2) is 0 Å². The fourth-order valence-corrected chi connectivity index (χ4v) is 2.15. The molecule has 2 rings (SSSR count). The van der Waals surface area contributed by atoms with Crippen molar-refractivity contribution in [3.05, 3.63) is 58.1 Å². The molecule has 2 aromatic rings. The first-order valence-electron chi connectivity index (χ1n) is 5.45. The van der Waals surface area contributed by atoms with Crippen LogP contribution in [-0.2, 0) is 6.42 Å². The monoisotopic (exact) mass is 291 g/mol. The van der Waals surface area contributed by atoms with Crippen molar-refractivity contribution in [1.82, 2.24) is 9.97 Å². The molecule has 0 radical (unpaired) electrons. The first-order chi connectivity index (χ1) is 8.15. The summed E-state index contributed by atoms with van der Waals surface area (Å²) in [5.41, 5.74) is 8.22. The third-order valence-electron chi connectivity index (χ3n) is 2.52. The van der Waals surface area contributed by atoms with E-state index in [2.05, 4.69) is 38.0 Å². The van der Waals surface area contributed by atoms with E-state index in [9.17, 15) is 0 Å². The van der Waals surface area contributed by atoms with Gasteiger partial charge in [0.05, 0.1) is 11.7 Å². The zero-order valence-electron chi connectivity index (χ0n) is 9.60. The van der Waals surface area contributed by atoms with Crippen LogP contribution in [0.4, 0.5) is 0 Å². The molecule has 0 saturated heterocycles. The molecule has 17 heavy (non-hydrogen) atoms. The molecule has 0 aliphatic carbocycles. The number of halogens is 1. The van der Waals surface area contributed by atoms with Crippen molar-refractivity contribution in [2.75, 3.05) is 0 Å². The lowest BCUT2D eigenvalue weighted by Gasteiger charge is -2.11. The van der Waals surface area contributed by atoms with Crippen LogP contribution in [-0.4, -0.2) is 9.97 Å². The van der Waals surface area contributed by atoms with Gasteiger partial charge in [-0.2, -0.15) is 0 Å². The molecule has 2 N–H and O–H groups in total. The van der Waals surface area contributed by atoms with Crippen LogP contribution in [0.5, 0.6) is 0 Å². The quantitative estimate of drug-likeness (QED) is 0.946. The van der Waals surface area contributed by atoms with Gasteiger partial charge in [-0.15, -0.1) is 0 Å². The summed E-state index contributed by atoms with van der Waals surface area (Å²) < 4.78 is 1.07. The van der Waals surface area contributed by atoms with E-state index in [0.29, 0.717) is 0 Å². The molecule has 0 saturated carbocycles. The summed E-state index contributed by atoms with van der Waals surface area (Å²) in [5, 5.41) is 0. The Morgan fingerprint density at radius 2 is 2.18 bits per heavy atom. The lowest BCUT2D eigenvalue weighted by Crippen LogP contribution is -2.15. The summed E-state index contributed by atoms with van der Waals surface area (Å²) in [6.45, 7) is 1.87. The molecule has 1 atom stereocenters. The maximum absolute atomic E-state index is 6.14. The largest absolute Gasteiger partial charge is 0.322 e. The van der Waals surface area contributed by atoms with Crippen molar-refractivity contribution in [3.8, 4) is 0 Å². The van der Waals surface area contributed by atoms with Gasteiger partial charge in [-0.1, -0.05) is 28.1 Å². The molecule has 0 fully saturated rings. The lowest BCUT2D eigenvalue weighted by atomic mass is 10.0. The maximum Gasteiger partial charge on any atom is 0.125 e. The molecule has 0 aliphatic heterocycles. The third kappa shape index (κ3) is 3.35. The van der Waals surface area contributed by atoms with E-state index in [1.54, 1.807) is 6.20 Å². The van der Waals surface area contributed by atoms with Gasteiger partial charge in [-0.05, 0) is 37.1 Å². The number of nitrogens with zero attached hydrogens (tertiary/aromatic N) is 2. The van der Waals surface area contributed by atoms with Gasteiger partial charge in [0.2, 0.25) is 0 Å². The van der Waals surface area contributed by atoms with Gasteiger partial charge in [0.1, 0.15) is 5.82 Å². The Balaban J connectivity index is 2.14. The minimum absolute atomic E-state index is 0.0917. The highest BCUT2D eigenvalue weighted by molar-refractivity contribution is 9.10. The number of rotatable bonds is 3. The van der Waals surface area contributed by atoms with Gasteiger partial charge in [0.25, 0.3) is 0 Å². The van der Waals surface area contributed by atoms with Gasteiger partial charge in [-0.25, -0.2) is 9.97 Å². The second-order valence-electron chi connectivity index (χ2n) is 3.97. The number of benzene rings is 1. The fraction of sp³-hybridized carbons (Fsp3) is 0.231. The highest BCUT2D eigenvalue weighted by atomic mass is 79.9. The first kappa shape index (κ1) is 12.2. The van der Waals surface area contributed by atoms with Crippen molar-refractivity contribution in [1.29, 1.82) is 0 Å². The van der Waals surface area contributed by atoms with Crippen LogP contribution in [0.15, 0.2) is 41.0 Å². The summed E-state index contributed by atoms with van der Waals surface area (Å²) in [7, 11) is 0. The summed E-state index contributed by atoms with van der Waals surface area (Å²) in [6, 6.07) is 9.94. The number of nitrogens with two attached hydrogens (primary N) is 1. The average molecular weight is 292 g/mol. The van der Waals surface area contributed by atoms with Crippen molar-refractivity contribution >= 4 is 15.9 Å². The summed E-state index contributed by atoms with van der Waals surface area (Å²) in [4.78, 5) is 8.41. The molecule has 0 aliphatic rings. The molecule has 0 amide bonds. The van der Waals surface area contributed by atoms with Crippen LogP contribution >= 0.6 is 15.9 Å². The van der Waals surface area contributed by atoms with Crippen molar-refractivity contribution < 1.29 is 0 Å². The van der Waals surface area contributed by atoms with E-state index in [1.165, 1.54) is 5.56 Å². The third-order valence-corrected chi connectivity index (χ3v) is 3.02. The van der Waals surface area contributed by atoms with E-state index in [0.717, 1.165) is 22.4 Å². The van der Waals surface area contributed by atoms with E-state index in [-0.39, 0.29) is 6.04 Å². The molecule has 1 aromatic carbocycles. The number of aryl methyl sites for hydroxylation is 1. The predicted molar refractivity (Wildman–Crippen MR) is 71.5 cm³/mol. The number of hydrogen-bond donors (Lipinski definition) is 1.